The van der Waals surface area contributed by atoms with Crippen LogP contribution in [0.4, 0.5) is 19.0 Å². The molecule has 0 unspecified atom stereocenters. The number of hydrogen-bond acceptors (Lipinski definition) is 7. The minimum Gasteiger partial charge on any atom is -0.383 e. The van der Waals surface area contributed by atoms with Gasteiger partial charge in [0.1, 0.15) is 5.82 Å². The Labute approximate surface area is 180 Å². The van der Waals surface area contributed by atoms with Gasteiger partial charge < -0.3 is 15.4 Å². The number of anilines is 1. The van der Waals surface area contributed by atoms with Gasteiger partial charge in [-0.25, -0.2) is 14.6 Å². The number of methoxy groups -OCH3 is 1. The summed E-state index contributed by atoms with van der Waals surface area (Å²) in [5.41, 5.74) is -0.831. The van der Waals surface area contributed by atoms with Gasteiger partial charge in [0.25, 0.3) is 5.91 Å². The van der Waals surface area contributed by atoms with E-state index in [9.17, 15) is 18.0 Å². The Hall–Kier alpha value is -2.86. The summed E-state index contributed by atoms with van der Waals surface area (Å²) in [7, 11) is 1.60. The normalized spacial score (nSPS) is 11.6. The predicted octanol–water partition coefficient (Wildman–Crippen LogP) is 3.06. The van der Waals surface area contributed by atoms with E-state index < -0.39 is 23.2 Å². The SMILES string of the molecule is COCCNc1nc(SC)nc2c1cnn2CCNC(=O)c1ccccc1C(F)(F)F. The quantitative estimate of drug-likeness (QED) is 0.292. The lowest BCUT2D eigenvalue weighted by atomic mass is 10.1. The number of carbonyl (C=O) groups is 1. The number of halogens is 3. The minimum absolute atomic E-state index is 0.0762. The van der Waals surface area contributed by atoms with Gasteiger partial charge in [0.05, 0.1) is 35.9 Å². The summed E-state index contributed by atoms with van der Waals surface area (Å²) in [5.74, 6) is -0.188. The molecule has 2 N–H and O–H groups in total. The number of benzene rings is 1. The van der Waals surface area contributed by atoms with Gasteiger partial charge in [-0.1, -0.05) is 23.9 Å². The van der Waals surface area contributed by atoms with Crippen LogP contribution < -0.4 is 10.6 Å². The molecule has 166 valence electrons. The largest absolute Gasteiger partial charge is 0.417 e. The van der Waals surface area contributed by atoms with Gasteiger partial charge in [0.2, 0.25) is 0 Å². The highest BCUT2D eigenvalue weighted by atomic mass is 32.2. The van der Waals surface area contributed by atoms with E-state index >= 15 is 0 Å². The first kappa shape index (κ1) is 22.8. The first-order valence-corrected chi connectivity index (χ1v) is 10.5. The molecule has 0 bridgehead atoms. The zero-order valence-corrected chi connectivity index (χ0v) is 17.7. The first-order chi connectivity index (χ1) is 14.8. The maximum absolute atomic E-state index is 13.1. The molecule has 12 heteroatoms. The van der Waals surface area contributed by atoms with Gasteiger partial charge in [-0.2, -0.15) is 18.3 Å². The molecular weight excluding hydrogens is 433 g/mol. The van der Waals surface area contributed by atoms with E-state index in [0.717, 1.165) is 12.1 Å². The Bertz CT molecular complexity index is 1060. The van der Waals surface area contributed by atoms with Crippen LogP contribution in [0, 0.1) is 0 Å². The number of thioether (sulfide) groups is 1. The Morgan fingerprint density at radius 3 is 2.71 bits per heavy atom. The number of nitrogens with zero attached hydrogens (tertiary/aromatic N) is 4. The second-order valence-electron chi connectivity index (χ2n) is 6.38. The fourth-order valence-electron chi connectivity index (χ4n) is 2.90. The summed E-state index contributed by atoms with van der Waals surface area (Å²) >= 11 is 1.37. The van der Waals surface area contributed by atoms with Crippen LogP contribution in [-0.2, 0) is 17.5 Å². The molecule has 3 rings (SSSR count). The molecular formula is C19H21F3N6O2S. The summed E-state index contributed by atoms with van der Waals surface area (Å²) < 4.78 is 46.0. The van der Waals surface area contributed by atoms with Crippen molar-refractivity contribution in [1.29, 1.82) is 0 Å². The number of alkyl halides is 3. The van der Waals surface area contributed by atoms with E-state index in [2.05, 4.69) is 25.7 Å². The molecule has 1 aromatic carbocycles. The van der Waals surface area contributed by atoms with E-state index in [1.807, 2.05) is 6.26 Å². The summed E-state index contributed by atoms with van der Waals surface area (Å²) in [5, 5.41) is 11.2. The van der Waals surface area contributed by atoms with Crippen LogP contribution in [0.3, 0.4) is 0 Å². The Morgan fingerprint density at radius 2 is 2.00 bits per heavy atom. The van der Waals surface area contributed by atoms with Crippen molar-refractivity contribution in [2.75, 3.05) is 38.4 Å². The topological polar surface area (TPSA) is 94.0 Å². The van der Waals surface area contributed by atoms with Gasteiger partial charge in [-0.3, -0.25) is 4.79 Å². The zero-order valence-electron chi connectivity index (χ0n) is 16.9. The number of carbonyl (C=O) groups excluding carboxylic acids is 1. The number of amides is 1. The third-order valence-electron chi connectivity index (χ3n) is 4.34. The van der Waals surface area contributed by atoms with E-state index in [4.69, 9.17) is 4.74 Å². The highest BCUT2D eigenvalue weighted by Gasteiger charge is 2.34. The summed E-state index contributed by atoms with van der Waals surface area (Å²) in [6.45, 7) is 1.36. The molecule has 0 aliphatic carbocycles. The third kappa shape index (κ3) is 5.44. The van der Waals surface area contributed by atoms with Gasteiger partial charge in [0.15, 0.2) is 10.8 Å². The fourth-order valence-corrected chi connectivity index (χ4v) is 3.26. The van der Waals surface area contributed by atoms with Crippen LogP contribution in [0.25, 0.3) is 11.0 Å². The van der Waals surface area contributed by atoms with Crippen LogP contribution in [0.2, 0.25) is 0 Å². The molecule has 1 amide bonds. The molecule has 0 radical (unpaired) electrons. The second kappa shape index (κ2) is 9.96. The fraction of sp³-hybridized carbons (Fsp3) is 0.368. The zero-order chi connectivity index (χ0) is 22.4. The van der Waals surface area contributed by atoms with Gasteiger partial charge in [0, 0.05) is 20.2 Å². The molecule has 2 heterocycles. The summed E-state index contributed by atoms with van der Waals surface area (Å²) in [4.78, 5) is 21.2. The monoisotopic (exact) mass is 454 g/mol. The number of fused-ring (bicyclic) bond motifs is 1. The van der Waals surface area contributed by atoms with E-state index in [1.54, 1.807) is 18.0 Å². The molecule has 0 aliphatic heterocycles. The molecule has 0 saturated heterocycles. The van der Waals surface area contributed by atoms with Gasteiger partial charge in [-0.15, -0.1) is 0 Å². The molecule has 0 atom stereocenters. The Morgan fingerprint density at radius 1 is 1.23 bits per heavy atom. The maximum atomic E-state index is 13.1. The average molecular weight is 454 g/mol. The van der Waals surface area contributed by atoms with Crippen molar-refractivity contribution in [3.05, 3.63) is 41.6 Å². The van der Waals surface area contributed by atoms with Gasteiger partial charge in [-0.05, 0) is 18.4 Å². The molecule has 0 spiro atoms. The lowest BCUT2D eigenvalue weighted by Crippen LogP contribution is -2.29. The predicted molar refractivity (Wildman–Crippen MR) is 111 cm³/mol. The Balaban J connectivity index is 1.73. The smallest absolute Gasteiger partial charge is 0.383 e. The Kier molecular flexibility index (Phi) is 7.33. The third-order valence-corrected chi connectivity index (χ3v) is 4.89. The molecule has 0 fully saturated rings. The van der Waals surface area contributed by atoms with Crippen molar-refractivity contribution >= 4 is 34.5 Å². The van der Waals surface area contributed by atoms with Crippen molar-refractivity contribution in [2.24, 2.45) is 0 Å². The molecule has 0 aliphatic rings. The lowest BCUT2D eigenvalue weighted by Gasteiger charge is -2.13. The van der Waals surface area contributed by atoms with Crippen LogP contribution in [-0.4, -0.2) is 58.7 Å². The molecule has 31 heavy (non-hydrogen) atoms. The highest BCUT2D eigenvalue weighted by molar-refractivity contribution is 7.98. The van der Waals surface area contributed by atoms with Crippen LogP contribution in [0.1, 0.15) is 15.9 Å². The van der Waals surface area contributed by atoms with Crippen molar-refractivity contribution in [3.63, 3.8) is 0 Å². The number of rotatable bonds is 9. The van der Waals surface area contributed by atoms with E-state index in [1.165, 1.54) is 23.9 Å². The molecule has 3 aromatic rings. The van der Waals surface area contributed by atoms with Gasteiger partial charge >= 0.3 is 6.18 Å². The lowest BCUT2D eigenvalue weighted by molar-refractivity contribution is -0.137. The number of nitrogens with one attached hydrogen (secondary N) is 2. The number of ether oxygens (including phenoxy) is 1. The van der Waals surface area contributed by atoms with Crippen molar-refractivity contribution in [2.45, 2.75) is 17.9 Å². The van der Waals surface area contributed by atoms with E-state index in [-0.39, 0.29) is 13.1 Å². The number of aromatic nitrogens is 4. The van der Waals surface area contributed by atoms with Crippen LogP contribution >= 0.6 is 11.8 Å². The molecule has 2 aromatic heterocycles. The molecule has 0 saturated carbocycles. The standard InChI is InChI=1S/C19H21F3N6O2S/c1-30-10-8-23-15-13-11-25-28(16(13)27-18(26-15)31-2)9-7-24-17(29)12-5-3-4-6-14(12)19(20,21)22/h3-6,11H,7-10H2,1-2H3,(H,24,29)(H,23,26,27). The molecule has 8 nitrogen and oxygen atoms in total. The number of hydrogen-bond donors (Lipinski definition) is 2. The van der Waals surface area contributed by atoms with E-state index in [0.29, 0.717) is 35.2 Å². The summed E-state index contributed by atoms with van der Waals surface area (Å²) in [6.07, 6.45) is -1.15. The summed E-state index contributed by atoms with van der Waals surface area (Å²) in [6, 6.07) is 4.67. The van der Waals surface area contributed by atoms with Crippen molar-refractivity contribution in [1.82, 2.24) is 25.1 Å². The van der Waals surface area contributed by atoms with Crippen LogP contribution in [0.5, 0.6) is 0 Å². The van der Waals surface area contributed by atoms with Crippen molar-refractivity contribution < 1.29 is 22.7 Å². The second-order valence-corrected chi connectivity index (χ2v) is 7.16. The van der Waals surface area contributed by atoms with Crippen molar-refractivity contribution in [3.8, 4) is 0 Å². The average Bonchev–Trinajstić information content (AvgIpc) is 3.16. The minimum atomic E-state index is -4.61. The highest BCUT2D eigenvalue weighted by Crippen LogP contribution is 2.31. The van der Waals surface area contributed by atoms with Crippen LogP contribution in [0.15, 0.2) is 35.6 Å². The first-order valence-electron chi connectivity index (χ1n) is 9.30. The maximum Gasteiger partial charge on any atom is 0.417 e.